The molecule has 0 aromatic carbocycles. The van der Waals surface area contributed by atoms with Crippen LogP contribution in [0.15, 0.2) is 0 Å². The molecule has 3 nitrogen and oxygen atoms in total. The van der Waals surface area contributed by atoms with E-state index in [0.717, 1.165) is 44.9 Å². The van der Waals surface area contributed by atoms with Crippen molar-refractivity contribution in [2.45, 2.75) is 105 Å². The van der Waals surface area contributed by atoms with Crippen molar-refractivity contribution in [3.63, 3.8) is 0 Å². The first-order valence-electron chi connectivity index (χ1n) is 12.6. The van der Waals surface area contributed by atoms with E-state index in [4.69, 9.17) is 0 Å². The number of hydrogen-bond donors (Lipinski definition) is 3. The van der Waals surface area contributed by atoms with E-state index in [1.165, 1.54) is 0 Å². The summed E-state index contributed by atoms with van der Waals surface area (Å²) >= 11 is 0. The molecule has 3 saturated carbocycles. The van der Waals surface area contributed by atoms with Gasteiger partial charge in [0.1, 0.15) is 0 Å². The van der Waals surface area contributed by atoms with E-state index in [1.807, 2.05) is 0 Å². The van der Waals surface area contributed by atoms with Crippen LogP contribution in [0.3, 0.4) is 0 Å². The summed E-state index contributed by atoms with van der Waals surface area (Å²) in [6, 6.07) is 0. The highest BCUT2D eigenvalue weighted by Crippen LogP contribution is 2.48. The van der Waals surface area contributed by atoms with Crippen molar-refractivity contribution in [3.8, 4) is 0 Å². The van der Waals surface area contributed by atoms with E-state index in [2.05, 4.69) is 41.5 Å². The molecule has 3 aliphatic carbocycles. The van der Waals surface area contributed by atoms with Crippen molar-refractivity contribution in [3.05, 3.63) is 0 Å². The first kappa shape index (κ1) is 23.5. The zero-order chi connectivity index (χ0) is 21.5. The van der Waals surface area contributed by atoms with Gasteiger partial charge in [0, 0.05) is 0 Å². The molecule has 0 bridgehead atoms. The van der Waals surface area contributed by atoms with E-state index < -0.39 is 0 Å². The molecule has 3 aliphatic rings. The van der Waals surface area contributed by atoms with Crippen molar-refractivity contribution in [1.29, 1.82) is 0 Å². The van der Waals surface area contributed by atoms with Crippen molar-refractivity contribution in [2.75, 3.05) is 0 Å². The summed E-state index contributed by atoms with van der Waals surface area (Å²) in [4.78, 5) is 0. The molecule has 0 radical (unpaired) electrons. The van der Waals surface area contributed by atoms with E-state index in [0.29, 0.717) is 59.2 Å². The second-order valence-electron chi connectivity index (χ2n) is 12.0. The Morgan fingerprint density at radius 2 is 0.966 bits per heavy atom. The fourth-order valence-corrected chi connectivity index (χ4v) is 7.24. The van der Waals surface area contributed by atoms with Crippen LogP contribution < -0.4 is 0 Å². The summed E-state index contributed by atoms with van der Waals surface area (Å²) < 4.78 is 0. The van der Waals surface area contributed by atoms with Gasteiger partial charge in [0.05, 0.1) is 18.3 Å². The van der Waals surface area contributed by atoms with E-state index in [9.17, 15) is 15.3 Å². The van der Waals surface area contributed by atoms with Crippen LogP contribution in [-0.4, -0.2) is 33.6 Å². The Labute approximate surface area is 179 Å². The fraction of sp³-hybridized carbons (Fsp3) is 1.00. The minimum Gasteiger partial charge on any atom is -0.393 e. The van der Waals surface area contributed by atoms with Gasteiger partial charge in [0.25, 0.3) is 0 Å². The lowest BCUT2D eigenvalue weighted by atomic mass is 9.59. The van der Waals surface area contributed by atoms with Gasteiger partial charge in [-0.25, -0.2) is 0 Å². The van der Waals surface area contributed by atoms with Gasteiger partial charge in [-0.1, -0.05) is 41.5 Å². The molecule has 0 amide bonds. The van der Waals surface area contributed by atoms with Crippen molar-refractivity contribution >= 4 is 0 Å². The molecule has 0 aliphatic heterocycles. The number of aliphatic hydroxyl groups is 3. The normalized spacial score (nSPS) is 54.3. The van der Waals surface area contributed by atoms with Crippen LogP contribution in [0.4, 0.5) is 0 Å². The summed E-state index contributed by atoms with van der Waals surface area (Å²) in [6.45, 7) is 13.7. The molecule has 0 heterocycles. The van der Waals surface area contributed by atoms with Gasteiger partial charge in [-0.3, -0.25) is 0 Å². The maximum absolute atomic E-state index is 11.5. The molecule has 0 saturated heterocycles. The van der Waals surface area contributed by atoms with Crippen molar-refractivity contribution in [2.24, 2.45) is 59.2 Å². The molecule has 3 N–H and O–H groups in total. The fourth-order valence-electron chi connectivity index (χ4n) is 7.24. The average Bonchev–Trinajstić information content (AvgIpc) is 2.65. The van der Waals surface area contributed by atoms with E-state index in [-0.39, 0.29) is 18.3 Å². The number of rotatable bonds is 4. The third kappa shape index (κ3) is 5.21. The number of hydrogen-bond acceptors (Lipinski definition) is 3. The zero-order valence-electron chi connectivity index (χ0n) is 19.8. The molecule has 3 rings (SSSR count). The summed E-state index contributed by atoms with van der Waals surface area (Å²) in [7, 11) is 0. The lowest BCUT2D eigenvalue weighted by Gasteiger charge is -2.48. The summed E-state index contributed by atoms with van der Waals surface area (Å²) in [5, 5.41) is 32.0. The first-order chi connectivity index (χ1) is 13.6. The van der Waals surface area contributed by atoms with Crippen LogP contribution in [0.5, 0.6) is 0 Å². The molecule has 13 unspecified atom stereocenters. The van der Waals surface area contributed by atoms with Crippen molar-refractivity contribution in [1.82, 2.24) is 0 Å². The highest BCUT2D eigenvalue weighted by Gasteiger charge is 2.44. The Morgan fingerprint density at radius 3 is 1.48 bits per heavy atom. The lowest BCUT2D eigenvalue weighted by molar-refractivity contribution is -0.0708. The van der Waals surface area contributed by atoms with Crippen molar-refractivity contribution < 1.29 is 15.3 Å². The Kier molecular flexibility index (Phi) is 7.77. The molecule has 29 heavy (non-hydrogen) atoms. The molecule has 0 aromatic rings. The molecule has 0 spiro atoms. The van der Waals surface area contributed by atoms with Crippen LogP contribution in [0.2, 0.25) is 0 Å². The summed E-state index contributed by atoms with van der Waals surface area (Å²) in [5.41, 5.74) is 0. The molecule has 170 valence electrons. The molecule has 3 heteroatoms. The van der Waals surface area contributed by atoms with Gasteiger partial charge >= 0.3 is 0 Å². The third-order valence-electron chi connectivity index (χ3n) is 9.85. The molecular formula is C26H48O3. The van der Waals surface area contributed by atoms with Crippen LogP contribution in [0.1, 0.15) is 86.5 Å². The summed E-state index contributed by atoms with van der Waals surface area (Å²) in [5.74, 6) is 5.18. The predicted octanol–water partition coefficient (Wildman–Crippen LogP) is 5.12. The molecular weight excluding hydrogens is 360 g/mol. The molecule has 0 aromatic heterocycles. The monoisotopic (exact) mass is 408 g/mol. The average molecular weight is 409 g/mol. The maximum Gasteiger partial charge on any atom is 0.0599 e. The second kappa shape index (κ2) is 9.57. The maximum atomic E-state index is 11.5. The standard InChI is InChI=1S/C26H48O3/c1-14-7-22(12-20-8-17(4)24(27)10-15(20)2)26(29)23(19(14)6)13-21-9-18(5)25(28)11-16(21)3/h14-29H,7-13H2,1-6H3. The second-order valence-corrected chi connectivity index (χ2v) is 12.0. The van der Waals surface area contributed by atoms with Crippen LogP contribution >= 0.6 is 0 Å². The van der Waals surface area contributed by atoms with Gasteiger partial charge in [0.2, 0.25) is 0 Å². The zero-order valence-corrected chi connectivity index (χ0v) is 19.8. The van der Waals surface area contributed by atoms with E-state index >= 15 is 0 Å². The van der Waals surface area contributed by atoms with Crippen LogP contribution in [0.25, 0.3) is 0 Å². The third-order valence-corrected chi connectivity index (χ3v) is 9.85. The summed E-state index contributed by atoms with van der Waals surface area (Å²) in [6.07, 6.45) is 6.96. The topological polar surface area (TPSA) is 60.7 Å². The highest BCUT2D eigenvalue weighted by atomic mass is 16.3. The van der Waals surface area contributed by atoms with Gasteiger partial charge < -0.3 is 15.3 Å². The van der Waals surface area contributed by atoms with Gasteiger partial charge in [0.15, 0.2) is 0 Å². The van der Waals surface area contributed by atoms with Crippen LogP contribution in [0, 0.1) is 59.2 Å². The Hall–Kier alpha value is -0.120. The Bertz CT molecular complexity index is 522. The first-order valence-corrected chi connectivity index (χ1v) is 12.6. The quantitative estimate of drug-likeness (QED) is 0.605. The van der Waals surface area contributed by atoms with Gasteiger partial charge in [-0.15, -0.1) is 0 Å². The predicted molar refractivity (Wildman–Crippen MR) is 119 cm³/mol. The molecule has 13 atom stereocenters. The van der Waals surface area contributed by atoms with Gasteiger partial charge in [-0.05, 0) is 104 Å². The highest BCUT2D eigenvalue weighted by molar-refractivity contribution is 4.94. The minimum atomic E-state index is -0.190. The van der Waals surface area contributed by atoms with Crippen LogP contribution in [-0.2, 0) is 0 Å². The SMILES string of the molecule is CC1CC(CC2CC(C)C(C)C(CC3CC(C)C(O)CC3C)C2O)C(C)CC1O. The Morgan fingerprint density at radius 1 is 0.517 bits per heavy atom. The molecule has 3 fully saturated rings. The largest absolute Gasteiger partial charge is 0.393 e. The number of aliphatic hydroxyl groups excluding tert-OH is 3. The smallest absolute Gasteiger partial charge is 0.0599 e. The van der Waals surface area contributed by atoms with E-state index in [1.54, 1.807) is 0 Å². The lowest BCUT2D eigenvalue weighted by Crippen LogP contribution is -2.46. The Balaban J connectivity index is 1.66. The minimum absolute atomic E-state index is 0.144. The van der Waals surface area contributed by atoms with Gasteiger partial charge in [-0.2, -0.15) is 0 Å².